The number of aromatic nitrogens is 2. The topological polar surface area (TPSA) is 58.4 Å². The normalized spacial score (nSPS) is 25.0. The van der Waals surface area contributed by atoms with Crippen LogP contribution < -0.4 is 0 Å². The summed E-state index contributed by atoms with van der Waals surface area (Å²) >= 11 is 0. The SMILES string of the molecule is C=CCN1C(=O)CC[C@]12CCCN(C(=O)c1cnn(C)c1)CC2. The number of carbonyl (C=O) groups is 2. The van der Waals surface area contributed by atoms with Crippen LogP contribution in [0.3, 0.4) is 0 Å². The Morgan fingerprint density at radius 1 is 1.39 bits per heavy atom. The molecule has 0 N–H and O–H groups in total. The molecule has 1 atom stereocenters. The molecule has 3 rings (SSSR count). The van der Waals surface area contributed by atoms with Gasteiger partial charge in [-0.05, 0) is 25.7 Å². The Hall–Kier alpha value is -2.11. The van der Waals surface area contributed by atoms with E-state index in [9.17, 15) is 9.59 Å². The van der Waals surface area contributed by atoms with E-state index in [4.69, 9.17) is 0 Å². The monoisotopic (exact) mass is 316 g/mol. The van der Waals surface area contributed by atoms with Gasteiger partial charge in [-0.3, -0.25) is 14.3 Å². The molecule has 6 heteroatoms. The second-order valence-electron chi connectivity index (χ2n) is 6.57. The van der Waals surface area contributed by atoms with Gasteiger partial charge in [-0.1, -0.05) is 6.08 Å². The van der Waals surface area contributed by atoms with Crippen LogP contribution in [-0.2, 0) is 11.8 Å². The molecule has 1 spiro atoms. The van der Waals surface area contributed by atoms with E-state index in [1.807, 2.05) is 16.8 Å². The first-order valence-corrected chi connectivity index (χ1v) is 8.25. The van der Waals surface area contributed by atoms with E-state index in [-0.39, 0.29) is 17.4 Å². The molecule has 2 fully saturated rings. The standard InChI is InChI=1S/C17H24N4O2/c1-3-9-21-15(22)5-7-17(21)6-4-10-20(11-8-17)16(23)14-12-18-19(2)13-14/h3,12-13H,1,4-11H2,2H3/t17-/m0/s1. The third-order valence-corrected chi connectivity index (χ3v) is 5.15. The first-order valence-electron chi connectivity index (χ1n) is 8.25. The largest absolute Gasteiger partial charge is 0.338 e. The summed E-state index contributed by atoms with van der Waals surface area (Å²) in [6.45, 7) is 5.81. The average molecular weight is 316 g/mol. The highest BCUT2D eigenvalue weighted by Crippen LogP contribution is 2.39. The van der Waals surface area contributed by atoms with Crippen LogP contribution in [0, 0.1) is 0 Å². The van der Waals surface area contributed by atoms with Crippen molar-refractivity contribution >= 4 is 11.8 Å². The summed E-state index contributed by atoms with van der Waals surface area (Å²) in [7, 11) is 1.81. The van der Waals surface area contributed by atoms with Crippen LogP contribution in [-0.4, -0.2) is 56.6 Å². The zero-order chi connectivity index (χ0) is 16.4. The van der Waals surface area contributed by atoms with Crippen molar-refractivity contribution in [1.82, 2.24) is 19.6 Å². The molecule has 0 aromatic carbocycles. The van der Waals surface area contributed by atoms with Crippen LogP contribution in [0.4, 0.5) is 0 Å². The number of likely N-dealkylation sites (tertiary alicyclic amines) is 2. The number of nitrogens with zero attached hydrogens (tertiary/aromatic N) is 4. The van der Waals surface area contributed by atoms with Gasteiger partial charge in [-0.25, -0.2) is 0 Å². The first kappa shape index (κ1) is 15.8. The first-order chi connectivity index (χ1) is 11.1. The lowest BCUT2D eigenvalue weighted by atomic mass is 9.87. The number of rotatable bonds is 3. The Morgan fingerprint density at radius 3 is 2.91 bits per heavy atom. The summed E-state index contributed by atoms with van der Waals surface area (Å²) in [6.07, 6.45) is 9.42. The van der Waals surface area contributed by atoms with E-state index in [1.165, 1.54) is 0 Å². The molecule has 0 bridgehead atoms. The third kappa shape index (κ3) is 2.90. The van der Waals surface area contributed by atoms with Gasteiger partial charge in [0.2, 0.25) is 5.91 Å². The molecule has 0 aliphatic carbocycles. The van der Waals surface area contributed by atoms with E-state index in [0.29, 0.717) is 25.1 Å². The maximum atomic E-state index is 12.6. The highest BCUT2D eigenvalue weighted by Gasteiger charge is 2.45. The Balaban J connectivity index is 1.73. The van der Waals surface area contributed by atoms with Gasteiger partial charge in [0.15, 0.2) is 0 Å². The fourth-order valence-corrected chi connectivity index (χ4v) is 3.91. The molecular weight excluding hydrogens is 292 g/mol. The summed E-state index contributed by atoms with van der Waals surface area (Å²) in [4.78, 5) is 28.7. The predicted octanol–water partition coefficient (Wildman–Crippen LogP) is 1.59. The summed E-state index contributed by atoms with van der Waals surface area (Å²) in [5.41, 5.74) is 0.545. The predicted molar refractivity (Wildman–Crippen MR) is 86.8 cm³/mol. The lowest BCUT2D eigenvalue weighted by Gasteiger charge is -2.37. The van der Waals surface area contributed by atoms with Crippen LogP contribution in [0.15, 0.2) is 25.0 Å². The molecule has 2 amide bonds. The van der Waals surface area contributed by atoms with Gasteiger partial charge < -0.3 is 9.80 Å². The second kappa shape index (κ2) is 6.18. The molecule has 1 aromatic heterocycles. The van der Waals surface area contributed by atoms with Crippen molar-refractivity contribution in [2.24, 2.45) is 7.05 Å². The molecule has 3 heterocycles. The third-order valence-electron chi connectivity index (χ3n) is 5.15. The maximum absolute atomic E-state index is 12.6. The fourth-order valence-electron chi connectivity index (χ4n) is 3.91. The Morgan fingerprint density at radius 2 is 2.22 bits per heavy atom. The van der Waals surface area contributed by atoms with Crippen LogP contribution in [0.1, 0.15) is 42.5 Å². The molecule has 2 saturated heterocycles. The van der Waals surface area contributed by atoms with E-state index in [2.05, 4.69) is 11.7 Å². The van der Waals surface area contributed by atoms with Gasteiger partial charge in [0.1, 0.15) is 0 Å². The molecule has 0 saturated carbocycles. The Bertz CT molecular complexity index is 624. The molecule has 0 radical (unpaired) electrons. The smallest absolute Gasteiger partial charge is 0.257 e. The summed E-state index contributed by atoms with van der Waals surface area (Å²) in [5, 5.41) is 4.08. The highest BCUT2D eigenvalue weighted by atomic mass is 16.2. The zero-order valence-electron chi connectivity index (χ0n) is 13.7. The summed E-state index contributed by atoms with van der Waals surface area (Å²) in [6, 6.07) is 0. The fraction of sp³-hybridized carbons (Fsp3) is 0.588. The summed E-state index contributed by atoms with van der Waals surface area (Å²) in [5.74, 6) is 0.256. The van der Waals surface area contributed by atoms with Gasteiger partial charge >= 0.3 is 0 Å². The lowest BCUT2D eigenvalue weighted by molar-refractivity contribution is -0.130. The highest BCUT2D eigenvalue weighted by molar-refractivity contribution is 5.93. The van der Waals surface area contributed by atoms with Gasteiger partial charge in [-0.15, -0.1) is 6.58 Å². The molecule has 6 nitrogen and oxygen atoms in total. The maximum Gasteiger partial charge on any atom is 0.257 e. The van der Waals surface area contributed by atoms with Crippen LogP contribution in [0.5, 0.6) is 0 Å². The van der Waals surface area contributed by atoms with Crippen molar-refractivity contribution < 1.29 is 9.59 Å². The molecule has 0 unspecified atom stereocenters. The Labute approximate surface area is 136 Å². The lowest BCUT2D eigenvalue weighted by Crippen LogP contribution is -2.46. The molecule has 2 aliphatic heterocycles. The number of carbonyl (C=O) groups excluding carboxylic acids is 2. The van der Waals surface area contributed by atoms with Crippen LogP contribution in [0.2, 0.25) is 0 Å². The van der Waals surface area contributed by atoms with Gasteiger partial charge in [0, 0.05) is 44.8 Å². The Kier molecular flexibility index (Phi) is 4.24. The van der Waals surface area contributed by atoms with Crippen LogP contribution in [0.25, 0.3) is 0 Å². The average Bonchev–Trinajstić information content (AvgIpc) is 3.01. The van der Waals surface area contributed by atoms with E-state index < -0.39 is 0 Å². The minimum absolute atomic E-state index is 0.0368. The van der Waals surface area contributed by atoms with Crippen molar-refractivity contribution in [2.45, 2.75) is 37.6 Å². The minimum Gasteiger partial charge on any atom is -0.338 e. The number of amides is 2. The molecule has 23 heavy (non-hydrogen) atoms. The second-order valence-corrected chi connectivity index (χ2v) is 6.57. The molecular formula is C17H24N4O2. The number of hydrogen-bond acceptors (Lipinski definition) is 3. The van der Waals surface area contributed by atoms with Crippen molar-refractivity contribution in [1.29, 1.82) is 0 Å². The van der Waals surface area contributed by atoms with Gasteiger partial charge in [0.05, 0.1) is 11.8 Å². The van der Waals surface area contributed by atoms with E-state index in [1.54, 1.807) is 23.2 Å². The van der Waals surface area contributed by atoms with E-state index >= 15 is 0 Å². The number of aryl methyl sites for hydroxylation is 1. The molecule has 2 aliphatic rings. The summed E-state index contributed by atoms with van der Waals surface area (Å²) < 4.78 is 1.65. The van der Waals surface area contributed by atoms with Gasteiger partial charge in [0.25, 0.3) is 5.91 Å². The minimum atomic E-state index is -0.0881. The molecule has 1 aromatic rings. The molecule has 124 valence electrons. The van der Waals surface area contributed by atoms with Crippen molar-refractivity contribution in [3.8, 4) is 0 Å². The van der Waals surface area contributed by atoms with Crippen molar-refractivity contribution in [2.75, 3.05) is 19.6 Å². The number of hydrogen-bond donors (Lipinski definition) is 0. The van der Waals surface area contributed by atoms with Crippen LogP contribution >= 0.6 is 0 Å². The zero-order valence-corrected chi connectivity index (χ0v) is 13.7. The van der Waals surface area contributed by atoms with Crippen molar-refractivity contribution in [3.63, 3.8) is 0 Å². The quantitative estimate of drug-likeness (QED) is 0.796. The van der Waals surface area contributed by atoms with Gasteiger partial charge in [-0.2, -0.15) is 5.10 Å². The van der Waals surface area contributed by atoms with E-state index in [0.717, 1.165) is 32.2 Å². The van der Waals surface area contributed by atoms with Crippen molar-refractivity contribution in [3.05, 3.63) is 30.6 Å².